The van der Waals surface area contributed by atoms with Crippen molar-refractivity contribution in [3.05, 3.63) is 35.6 Å². The average molecular weight is 449 g/mol. The minimum atomic E-state index is -0.112. The number of ether oxygens (including phenoxy) is 1. The van der Waals surface area contributed by atoms with Crippen molar-refractivity contribution >= 4 is 29.9 Å². The van der Waals surface area contributed by atoms with Crippen molar-refractivity contribution in [2.24, 2.45) is 4.99 Å². The molecule has 0 atom stereocenters. The fraction of sp³-hybridized carbons (Fsp3) is 0.611. The third-order valence-corrected chi connectivity index (χ3v) is 4.30. The van der Waals surface area contributed by atoms with Gasteiger partial charge in [0.2, 0.25) is 0 Å². The van der Waals surface area contributed by atoms with Gasteiger partial charge < -0.3 is 15.4 Å². The Hall–Kier alpha value is -0.890. The molecule has 2 rings (SSSR count). The summed E-state index contributed by atoms with van der Waals surface area (Å²) in [6.45, 7) is 5.04. The summed E-state index contributed by atoms with van der Waals surface area (Å²) in [6.07, 6.45) is 4.27. The van der Waals surface area contributed by atoms with Crippen LogP contribution in [0.15, 0.2) is 29.3 Å². The van der Waals surface area contributed by atoms with Gasteiger partial charge in [0.15, 0.2) is 5.96 Å². The molecule has 6 heteroatoms. The topological polar surface area (TPSA) is 45.6 Å². The summed E-state index contributed by atoms with van der Waals surface area (Å²) in [5.74, 6) is 0.630. The van der Waals surface area contributed by atoms with Crippen LogP contribution in [0.2, 0.25) is 0 Å². The summed E-state index contributed by atoms with van der Waals surface area (Å²) < 4.78 is 19.5. The Morgan fingerprint density at radius 2 is 2.00 bits per heavy atom. The van der Waals surface area contributed by atoms with E-state index < -0.39 is 0 Å². The molecule has 0 aromatic heterocycles. The van der Waals surface area contributed by atoms with Gasteiger partial charge in [0.1, 0.15) is 5.82 Å². The van der Waals surface area contributed by atoms with E-state index in [-0.39, 0.29) is 35.2 Å². The number of halogens is 2. The highest BCUT2D eigenvalue weighted by Crippen LogP contribution is 2.48. The second kappa shape index (κ2) is 10.9. The first kappa shape index (κ1) is 21.2. The zero-order chi connectivity index (χ0) is 16.5. The molecule has 1 fully saturated rings. The van der Waals surface area contributed by atoms with Gasteiger partial charge >= 0.3 is 0 Å². The molecule has 2 N–H and O–H groups in total. The SMILES string of the molecule is CCCCOCCNC(=NC)NCC1(c2ccccc2F)CC1.I. The predicted molar refractivity (Wildman–Crippen MR) is 108 cm³/mol. The maximum absolute atomic E-state index is 14.0. The molecule has 0 saturated heterocycles. The van der Waals surface area contributed by atoms with Crippen molar-refractivity contribution in [1.82, 2.24) is 10.6 Å². The molecule has 136 valence electrons. The van der Waals surface area contributed by atoms with Crippen LogP contribution in [0.1, 0.15) is 38.2 Å². The van der Waals surface area contributed by atoms with Crippen LogP contribution < -0.4 is 10.6 Å². The first-order valence-corrected chi connectivity index (χ1v) is 8.49. The Bertz CT molecular complexity index is 521. The summed E-state index contributed by atoms with van der Waals surface area (Å²) in [5.41, 5.74) is 0.728. The Balaban J connectivity index is 0.00000288. The van der Waals surface area contributed by atoms with Gasteiger partial charge in [0.05, 0.1) is 6.61 Å². The van der Waals surface area contributed by atoms with Gasteiger partial charge in [-0.1, -0.05) is 31.5 Å². The van der Waals surface area contributed by atoms with E-state index in [0.717, 1.165) is 50.4 Å². The monoisotopic (exact) mass is 449 g/mol. The number of hydrogen-bond acceptors (Lipinski definition) is 2. The number of unbranched alkanes of at least 4 members (excludes halogenated alkanes) is 1. The lowest BCUT2D eigenvalue weighted by atomic mass is 9.95. The molecule has 4 nitrogen and oxygen atoms in total. The van der Waals surface area contributed by atoms with Gasteiger partial charge in [-0.15, -0.1) is 24.0 Å². The highest BCUT2D eigenvalue weighted by Gasteiger charge is 2.45. The fourth-order valence-corrected chi connectivity index (χ4v) is 2.65. The maximum atomic E-state index is 14.0. The number of benzene rings is 1. The van der Waals surface area contributed by atoms with Crippen LogP contribution in [0.4, 0.5) is 4.39 Å². The summed E-state index contributed by atoms with van der Waals surface area (Å²) in [7, 11) is 1.75. The van der Waals surface area contributed by atoms with Gasteiger partial charge in [0, 0.05) is 32.2 Å². The molecule has 1 aliphatic rings. The van der Waals surface area contributed by atoms with E-state index in [2.05, 4.69) is 22.5 Å². The zero-order valence-electron chi connectivity index (χ0n) is 14.6. The summed E-state index contributed by atoms with van der Waals surface area (Å²) in [6, 6.07) is 7.07. The van der Waals surface area contributed by atoms with Crippen LogP contribution >= 0.6 is 24.0 Å². The highest BCUT2D eigenvalue weighted by molar-refractivity contribution is 14.0. The van der Waals surface area contributed by atoms with E-state index >= 15 is 0 Å². The molecule has 24 heavy (non-hydrogen) atoms. The van der Waals surface area contributed by atoms with E-state index in [1.165, 1.54) is 6.07 Å². The Labute approximate surface area is 161 Å². The standard InChI is InChI=1S/C18H28FN3O.HI/c1-3-4-12-23-13-11-21-17(20-2)22-14-18(9-10-18)15-7-5-6-8-16(15)19;/h5-8H,3-4,9-14H2,1-2H3,(H2,20,21,22);1H. The van der Waals surface area contributed by atoms with E-state index in [1.54, 1.807) is 13.1 Å². The fourth-order valence-electron chi connectivity index (χ4n) is 2.65. The summed E-state index contributed by atoms with van der Waals surface area (Å²) >= 11 is 0. The lowest BCUT2D eigenvalue weighted by Crippen LogP contribution is -2.42. The quantitative estimate of drug-likeness (QED) is 0.263. The minimum Gasteiger partial charge on any atom is -0.380 e. The van der Waals surface area contributed by atoms with Crippen LogP contribution in [0.5, 0.6) is 0 Å². The predicted octanol–water partition coefficient (Wildman–Crippen LogP) is 3.46. The molecule has 1 aromatic rings. The van der Waals surface area contributed by atoms with Crippen molar-refractivity contribution in [2.45, 2.75) is 38.0 Å². The lowest BCUT2D eigenvalue weighted by Gasteiger charge is -2.19. The van der Waals surface area contributed by atoms with Crippen molar-refractivity contribution in [1.29, 1.82) is 0 Å². The molecule has 0 radical (unpaired) electrons. The Morgan fingerprint density at radius 1 is 1.25 bits per heavy atom. The Morgan fingerprint density at radius 3 is 2.62 bits per heavy atom. The van der Waals surface area contributed by atoms with Crippen LogP contribution in [0.3, 0.4) is 0 Å². The molecule has 1 saturated carbocycles. The smallest absolute Gasteiger partial charge is 0.191 e. The molecule has 0 amide bonds. The van der Waals surface area contributed by atoms with E-state index in [9.17, 15) is 4.39 Å². The molecule has 0 bridgehead atoms. The van der Waals surface area contributed by atoms with Crippen molar-refractivity contribution in [3.8, 4) is 0 Å². The van der Waals surface area contributed by atoms with Crippen LogP contribution in [-0.2, 0) is 10.2 Å². The summed E-state index contributed by atoms with van der Waals surface area (Å²) in [4.78, 5) is 4.21. The number of nitrogens with one attached hydrogen (secondary N) is 2. The van der Waals surface area contributed by atoms with E-state index in [1.807, 2.05) is 12.1 Å². The Kier molecular flexibility index (Phi) is 9.58. The second-order valence-electron chi connectivity index (χ2n) is 6.08. The number of nitrogens with zero attached hydrogens (tertiary/aromatic N) is 1. The van der Waals surface area contributed by atoms with Crippen LogP contribution in [0.25, 0.3) is 0 Å². The maximum Gasteiger partial charge on any atom is 0.191 e. The first-order chi connectivity index (χ1) is 11.2. The highest BCUT2D eigenvalue weighted by atomic mass is 127. The lowest BCUT2D eigenvalue weighted by molar-refractivity contribution is 0.136. The van der Waals surface area contributed by atoms with Gasteiger partial charge in [-0.2, -0.15) is 0 Å². The normalized spacial score (nSPS) is 15.5. The van der Waals surface area contributed by atoms with Gasteiger partial charge in [0.25, 0.3) is 0 Å². The third-order valence-electron chi connectivity index (χ3n) is 4.30. The van der Waals surface area contributed by atoms with Gasteiger partial charge in [-0.3, -0.25) is 4.99 Å². The third kappa shape index (κ3) is 6.20. The van der Waals surface area contributed by atoms with Crippen LogP contribution in [0, 0.1) is 5.82 Å². The van der Waals surface area contributed by atoms with Gasteiger partial charge in [-0.05, 0) is 30.9 Å². The first-order valence-electron chi connectivity index (χ1n) is 8.49. The number of rotatable bonds is 9. The van der Waals surface area contributed by atoms with Crippen LogP contribution in [-0.4, -0.2) is 39.3 Å². The average Bonchev–Trinajstić information content (AvgIpc) is 3.35. The van der Waals surface area contributed by atoms with E-state index in [4.69, 9.17) is 4.74 Å². The summed E-state index contributed by atoms with van der Waals surface area (Å²) in [5, 5.41) is 6.55. The number of hydrogen-bond donors (Lipinski definition) is 2. The van der Waals surface area contributed by atoms with Crippen molar-refractivity contribution < 1.29 is 9.13 Å². The second-order valence-corrected chi connectivity index (χ2v) is 6.08. The molecule has 0 heterocycles. The molecule has 1 aromatic carbocycles. The van der Waals surface area contributed by atoms with Crippen molar-refractivity contribution in [3.63, 3.8) is 0 Å². The largest absolute Gasteiger partial charge is 0.380 e. The zero-order valence-corrected chi connectivity index (χ0v) is 16.9. The molecule has 0 spiro atoms. The van der Waals surface area contributed by atoms with Crippen molar-refractivity contribution in [2.75, 3.05) is 33.4 Å². The number of guanidine groups is 1. The molecule has 1 aliphatic carbocycles. The molecular formula is C18H29FIN3O. The molecule has 0 aliphatic heterocycles. The molecular weight excluding hydrogens is 420 g/mol. The van der Waals surface area contributed by atoms with E-state index in [0.29, 0.717) is 13.2 Å². The number of aliphatic imine (C=N–C) groups is 1. The minimum absolute atomic E-state index is 0. The molecule has 0 unspecified atom stereocenters. The van der Waals surface area contributed by atoms with Gasteiger partial charge in [-0.25, -0.2) is 4.39 Å².